The van der Waals surface area contributed by atoms with Crippen molar-refractivity contribution in [3.05, 3.63) is 0 Å². The lowest BCUT2D eigenvalue weighted by molar-refractivity contribution is -0.363. The van der Waals surface area contributed by atoms with E-state index in [2.05, 4.69) is 0 Å². The van der Waals surface area contributed by atoms with E-state index in [1.165, 1.54) is 0 Å². The van der Waals surface area contributed by atoms with Crippen molar-refractivity contribution >= 4 is 0 Å². The van der Waals surface area contributed by atoms with Crippen LogP contribution in [0, 0.1) is 0 Å². The van der Waals surface area contributed by atoms with Crippen molar-refractivity contribution < 1.29 is 79.9 Å². The highest BCUT2D eigenvalue weighted by molar-refractivity contribution is 4.94. The van der Waals surface area contributed by atoms with Gasteiger partial charge < -0.3 is 79.9 Å². The third kappa shape index (κ3) is 5.52. The van der Waals surface area contributed by atoms with Crippen molar-refractivity contribution in [2.45, 2.75) is 92.1 Å². The summed E-state index contributed by atoms with van der Waals surface area (Å²) in [6.07, 6.45) is -25.0. The van der Waals surface area contributed by atoms with E-state index < -0.39 is 112 Å². The molecule has 16 heteroatoms. The molecule has 0 saturated carbocycles. The number of aliphatic hydroxyl groups is 11. The zero-order valence-corrected chi connectivity index (χ0v) is 17.7. The van der Waals surface area contributed by atoms with Crippen LogP contribution in [-0.2, 0) is 23.7 Å². The van der Waals surface area contributed by atoms with Crippen LogP contribution in [0.2, 0.25) is 0 Å². The number of ether oxygens (including phenoxy) is 5. The molecule has 0 aromatic carbocycles. The van der Waals surface area contributed by atoms with Crippen LogP contribution in [-0.4, -0.2) is 168 Å². The molecule has 0 aromatic heterocycles. The maximum Gasteiger partial charge on any atom is 0.187 e. The molecular formula is C18H32O16. The second-order valence-electron chi connectivity index (χ2n) is 8.37. The van der Waals surface area contributed by atoms with Crippen LogP contribution in [0.25, 0.3) is 0 Å². The quantitative estimate of drug-likeness (QED) is 0.154. The molecule has 15 atom stereocenters. The second kappa shape index (κ2) is 11.6. The Kier molecular flexibility index (Phi) is 9.54. The van der Waals surface area contributed by atoms with Crippen LogP contribution in [0.15, 0.2) is 0 Å². The summed E-state index contributed by atoms with van der Waals surface area (Å²) < 4.78 is 26.4. The molecule has 5 unspecified atom stereocenters. The predicted octanol–water partition coefficient (Wildman–Crippen LogP) is -7.57. The van der Waals surface area contributed by atoms with Crippen molar-refractivity contribution in [2.24, 2.45) is 0 Å². The highest BCUT2D eigenvalue weighted by Gasteiger charge is 2.51. The number of hydrogen-bond donors (Lipinski definition) is 11. The molecule has 3 aliphatic heterocycles. The zero-order valence-electron chi connectivity index (χ0n) is 17.7. The van der Waals surface area contributed by atoms with Crippen LogP contribution in [0.5, 0.6) is 0 Å². The third-order valence-electron chi connectivity index (χ3n) is 6.07. The van der Waals surface area contributed by atoms with Crippen molar-refractivity contribution in [1.82, 2.24) is 0 Å². The Morgan fingerprint density at radius 1 is 0.500 bits per heavy atom. The summed E-state index contributed by atoms with van der Waals surface area (Å²) in [6, 6.07) is 0. The molecule has 0 radical (unpaired) electrons. The molecule has 3 saturated heterocycles. The smallest absolute Gasteiger partial charge is 0.187 e. The number of rotatable bonds is 7. The summed E-state index contributed by atoms with van der Waals surface area (Å²) in [5.74, 6) is 0. The van der Waals surface area contributed by atoms with Crippen molar-refractivity contribution in [3.63, 3.8) is 0 Å². The number of aliphatic hydroxyl groups excluding tert-OH is 11. The largest absolute Gasteiger partial charge is 0.394 e. The van der Waals surface area contributed by atoms with Gasteiger partial charge in [0.05, 0.1) is 19.8 Å². The molecular weight excluding hydrogens is 472 g/mol. The fourth-order valence-corrected chi connectivity index (χ4v) is 3.95. The maximum absolute atomic E-state index is 10.4. The second-order valence-corrected chi connectivity index (χ2v) is 8.37. The van der Waals surface area contributed by atoms with Crippen LogP contribution in [0.1, 0.15) is 0 Å². The maximum atomic E-state index is 10.4. The highest BCUT2D eigenvalue weighted by atomic mass is 16.7. The summed E-state index contributed by atoms with van der Waals surface area (Å²) in [6.45, 7) is -2.08. The minimum Gasteiger partial charge on any atom is -0.394 e. The highest BCUT2D eigenvalue weighted by Crippen LogP contribution is 2.30. The van der Waals surface area contributed by atoms with Crippen LogP contribution in [0.4, 0.5) is 0 Å². The minimum atomic E-state index is -1.91. The minimum absolute atomic E-state index is 0.619. The first-order valence-corrected chi connectivity index (χ1v) is 10.6. The molecule has 16 nitrogen and oxygen atoms in total. The zero-order chi connectivity index (χ0) is 25.3. The molecule has 11 N–H and O–H groups in total. The lowest BCUT2D eigenvalue weighted by atomic mass is 9.97. The van der Waals surface area contributed by atoms with E-state index in [1.807, 2.05) is 0 Å². The molecule has 3 heterocycles. The summed E-state index contributed by atoms with van der Waals surface area (Å²) >= 11 is 0. The third-order valence-corrected chi connectivity index (χ3v) is 6.07. The molecule has 0 aromatic rings. The van der Waals surface area contributed by atoms with E-state index in [1.54, 1.807) is 0 Å². The first-order valence-electron chi connectivity index (χ1n) is 10.6. The Morgan fingerprint density at radius 3 is 1.53 bits per heavy atom. The van der Waals surface area contributed by atoms with E-state index in [9.17, 15) is 56.2 Å². The van der Waals surface area contributed by atoms with Gasteiger partial charge in [-0.1, -0.05) is 0 Å². The van der Waals surface area contributed by atoms with Gasteiger partial charge in [-0.3, -0.25) is 0 Å². The predicted molar refractivity (Wildman–Crippen MR) is 101 cm³/mol. The standard InChI is InChI=1S/C18H32O16/c19-1-4-7(21)9(23)13(27)17(32-4)30-3-6-15(11(25)12(26)16(29)31-6)34-18-14(28)10(24)8(22)5(2-20)33-18/h4-29H,1-3H2/t4?,5-,6?,7?,8-,9+,10+,11-,12-,13?,14-,15-,16?,17-,18-/m1/s1. The Hall–Kier alpha value is -0.640. The van der Waals surface area contributed by atoms with Crippen molar-refractivity contribution in [1.29, 1.82) is 0 Å². The van der Waals surface area contributed by atoms with Gasteiger partial charge in [0, 0.05) is 0 Å². The van der Waals surface area contributed by atoms with Crippen LogP contribution in [0.3, 0.4) is 0 Å². The van der Waals surface area contributed by atoms with Crippen LogP contribution < -0.4 is 0 Å². The average Bonchev–Trinajstić information content (AvgIpc) is 2.82. The lowest BCUT2D eigenvalue weighted by Gasteiger charge is -2.46. The summed E-state index contributed by atoms with van der Waals surface area (Å²) in [7, 11) is 0. The Labute approximate surface area is 192 Å². The van der Waals surface area contributed by atoms with E-state index in [4.69, 9.17) is 23.7 Å². The molecule has 0 spiro atoms. The normalized spacial score (nSPS) is 52.5. The molecule has 3 aliphatic rings. The van der Waals surface area contributed by atoms with Crippen molar-refractivity contribution in [3.8, 4) is 0 Å². The van der Waals surface area contributed by atoms with E-state index in [0.717, 1.165) is 0 Å². The van der Waals surface area contributed by atoms with Gasteiger partial charge in [0.15, 0.2) is 18.9 Å². The van der Waals surface area contributed by atoms with Crippen molar-refractivity contribution in [2.75, 3.05) is 19.8 Å². The van der Waals surface area contributed by atoms with Crippen LogP contribution >= 0.6 is 0 Å². The number of hydrogen-bond acceptors (Lipinski definition) is 16. The summed E-state index contributed by atoms with van der Waals surface area (Å²) in [4.78, 5) is 0. The molecule has 34 heavy (non-hydrogen) atoms. The van der Waals surface area contributed by atoms with Gasteiger partial charge in [-0.2, -0.15) is 0 Å². The Balaban J connectivity index is 1.72. The topological polar surface area (TPSA) is 269 Å². The van der Waals surface area contributed by atoms with E-state index in [-0.39, 0.29) is 0 Å². The summed E-state index contributed by atoms with van der Waals surface area (Å²) in [5.41, 5.74) is 0. The molecule has 200 valence electrons. The SMILES string of the molecule is OCC1O[C@@H](OCC2OC(O)[C@H](O)[C@@H](O)[C@@H]2O[C@H]2O[C@H](CO)[C@@H](O)[C@H](O)[C@H]2O)C(O)[C@@H](O)C1O. The van der Waals surface area contributed by atoms with Gasteiger partial charge in [0.25, 0.3) is 0 Å². The van der Waals surface area contributed by atoms with Gasteiger partial charge >= 0.3 is 0 Å². The first kappa shape index (κ1) is 27.9. The molecule has 0 aliphatic carbocycles. The van der Waals surface area contributed by atoms with Gasteiger partial charge in [0.1, 0.15) is 73.2 Å². The Bertz CT molecular complexity index is 637. The fraction of sp³-hybridized carbons (Fsp3) is 1.00. The van der Waals surface area contributed by atoms with Gasteiger partial charge in [-0.05, 0) is 0 Å². The van der Waals surface area contributed by atoms with Gasteiger partial charge in [-0.25, -0.2) is 0 Å². The molecule has 0 amide bonds. The summed E-state index contributed by atoms with van der Waals surface area (Å²) in [5, 5.41) is 109. The monoisotopic (exact) mass is 504 g/mol. The van der Waals surface area contributed by atoms with Gasteiger partial charge in [0.2, 0.25) is 0 Å². The van der Waals surface area contributed by atoms with E-state index >= 15 is 0 Å². The average molecular weight is 504 g/mol. The fourth-order valence-electron chi connectivity index (χ4n) is 3.95. The molecule has 0 bridgehead atoms. The molecule has 3 rings (SSSR count). The van der Waals surface area contributed by atoms with Gasteiger partial charge in [-0.15, -0.1) is 0 Å². The lowest BCUT2D eigenvalue weighted by Crippen LogP contribution is -2.65. The first-order chi connectivity index (χ1) is 16.0. The molecule has 3 fully saturated rings. The van der Waals surface area contributed by atoms with E-state index in [0.29, 0.717) is 0 Å². The Morgan fingerprint density at radius 2 is 1.00 bits per heavy atom.